The zero-order valence-corrected chi connectivity index (χ0v) is 17.7. The summed E-state index contributed by atoms with van der Waals surface area (Å²) >= 11 is 0. The van der Waals surface area contributed by atoms with E-state index in [4.69, 9.17) is 5.11 Å². The maximum absolute atomic E-state index is 13.1. The third kappa shape index (κ3) is 4.38. The van der Waals surface area contributed by atoms with Gasteiger partial charge in [0.05, 0.1) is 11.7 Å². The number of rotatable bonds is 8. The molecule has 0 aliphatic carbocycles. The van der Waals surface area contributed by atoms with Gasteiger partial charge < -0.3 is 15.3 Å². The van der Waals surface area contributed by atoms with E-state index >= 15 is 0 Å². The third-order valence-electron chi connectivity index (χ3n) is 5.25. The van der Waals surface area contributed by atoms with Gasteiger partial charge in [0.25, 0.3) is 10.0 Å². The molecule has 1 aromatic carbocycles. The van der Waals surface area contributed by atoms with Crippen molar-refractivity contribution in [3.8, 4) is 0 Å². The number of likely N-dealkylation sites (tertiary alicyclic amines) is 1. The number of fused-ring (bicyclic) bond motifs is 1. The molecule has 1 saturated heterocycles. The molecule has 2 heterocycles. The molecular weight excluding hydrogens is 410 g/mol. The Balaban J connectivity index is 1.91. The molecule has 162 valence electrons. The number of para-hydroxylation sites is 1. The smallest absolute Gasteiger partial charge is 0.303 e. The summed E-state index contributed by atoms with van der Waals surface area (Å²) in [4.78, 5) is 38.6. The summed E-state index contributed by atoms with van der Waals surface area (Å²) in [7, 11) is -4.04. The van der Waals surface area contributed by atoms with Gasteiger partial charge in [-0.15, -0.1) is 4.40 Å². The van der Waals surface area contributed by atoms with Gasteiger partial charge in [0.15, 0.2) is 11.7 Å². The first-order valence-corrected chi connectivity index (χ1v) is 11.3. The summed E-state index contributed by atoms with van der Waals surface area (Å²) in [6.07, 6.45) is 1.01. The van der Waals surface area contributed by atoms with Gasteiger partial charge in [-0.2, -0.15) is 8.42 Å². The molecule has 0 saturated carbocycles. The summed E-state index contributed by atoms with van der Waals surface area (Å²) in [5, 5.41) is 11.7. The maximum Gasteiger partial charge on any atom is 0.303 e. The molecule has 0 radical (unpaired) electrons. The van der Waals surface area contributed by atoms with Crippen LogP contribution in [-0.4, -0.2) is 54.5 Å². The number of hydrogen-bond acceptors (Lipinski definition) is 6. The first kappa shape index (κ1) is 21.9. The summed E-state index contributed by atoms with van der Waals surface area (Å²) in [6.45, 7) is 4.33. The van der Waals surface area contributed by atoms with Crippen LogP contribution in [0.2, 0.25) is 0 Å². The lowest BCUT2D eigenvalue weighted by atomic mass is 9.98. The summed E-state index contributed by atoms with van der Waals surface area (Å²) in [6, 6.07) is 5.37. The van der Waals surface area contributed by atoms with Crippen LogP contribution in [0.4, 0.5) is 5.69 Å². The Morgan fingerprint density at radius 1 is 1.27 bits per heavy atom. The van der Waals surface area contributed by atoms with Crippen molar-refractivity contribution in [2.45, 2.75) is 50.5 Å². The number of amidine groups is 1. The minimum atomic E-state index is -4.04. The van der Waals surface area contributed by atoms with Gasteiger partial charge in [0, 0.05) is 13.0 Å². The second-order valence-electron chi connectivity index (χ2n) is 7.92. The lowest BCUT2D eigenvalue weighted by Crippen LogP contribution is -2.38. The van der Waals surface area contributed by atoms with E-state index in [1.54, 1.807) is 18.2 Å². The Bertz CT molecular complexity index is 1000. The number of nitrogens with zero attached hydrogens (tertiary/aromatic N) is 2. The van der Waals surface area contributed by atoms with Crippen LogP contribution in [0.25, 0.3) is 0 Å². The number of Topliss-reactive ketones (excluding diaryl/α,β-unsaturated/α-hetero) is 1. The van der Waals surface area contributed by atoms with Crippen LogP contribution < -0.4 is 5.32 Å². The van der Waals surface area contributed by atoms with Crippen molar-refractivity contribution in [2.24, 2.45) is 16.2 Å². The average molecular weight is 436 g/mol. The van der Waals surface area contributed by atoms with E-state index in [1.165, 1.54) is 11.0 Å². The molecule has 1 aromatic rings. The average Bonchev–Trinajstić information content (AvgIpc) is 2.89. The highest BCUT2D eigenvalue weighted by Gasteiger charge is 2.50. The lowest BCUT2D eigenvalue weighted by Gasteiger charge is -2.24. The second-order valence-corrected chi connectivity index (χ2v) is 9.50. The molecule has 0 aromatic heterocycles. The van der Waals surface area contributed by atoms with E-state index in [-0.39, 0.29) is 35.7 Å². The number of amides is 1. The number of carbonyl (C=O) groups excluding carboxylic acids is 2. The number of nitrogens with one attached hydrogen (secondary N) is 1. The Kier molecular flexibility index (Phi) is 6.25. The van der Waals surface area contributed by atoms with Crippen LogP contribution in [-0.2, 0) is 24.4 Å². The van der Waals surface area contributed by atoms with E-state index in [9.17, 15) is 22.8 Å². The van der Waals surface area contributed by atoms with Crippen LogP contribution >= 0.6 is 0 Å². The monoisotopic (exact) mass is 435 g/mol. The Hall–Kier alpha value is -2.75. The van der Waals surface area contributed by atoms with Gasteiger partial charge in [0.1, 0.15) is 10.7 Å². The van der Waals surface area contributed by atoms with Crippen LogP contribution in [0, 0.1) is 11.8 Å². The first-order valence-electron chi connectivity index (χ1n) is 9.88. The summed E-state index contributed by atoms with van der Waals surface area (Å²) in [5.74, 6) is -3.16. The molecule has 10 heteroatoms. The quantitative estimate of drug-likeness (QED) is 0.596. The van der Waals surface area contributed by atoms with E-state index in [0.29, 0.717) is 18.9 Å². The Labute approximate surface area is 175 Å². The van der Waals surface area contributed by atoms with Crippen LogP contribution in [0.1, 0.15) is 39.5 Å². The van der Waals surface area contributed by atoms with Crippen molar-refractivity contribution in [1.29, 1.82) is 0 Å². The Morgan fingerprint density at radius 3 is 2.63 bits per heavy atom. The number of hydrogen-bond donors (Lipinski definition) is 2. The van der Waals surface area contributed by atoms with E-state index in [1.807, 2.05) is 13.8 Å². The summed E-state index contributed by atoms with van der Waals surface area (Å²) in [5.41, 5.74) is 0.270. The van der Waals surface area contributed by atoms with Gasteiger partial charge in [-0.1, -0.05) is 26.0 Å². The van der Waals surface area contributed by atoms with Gasteiger partial charge in [-0.25, -0.2) is 0 Å². The highest BCUT2D eigenvalue weighted by molar-refractivity contribution is 7.90. The first-order chi connectivity index (χ1) is 14.1. The molecule has 1 fully saturated rings. The molecule has 0 spiro atoms. The van der Waals surface area contributed by atoms with Crippen molar-refractivity contribution in [3.05, 3.63) is 24.3 Å². The fourth-order valence-electron chi connectivity index (χ4n) is 3.71. The molecule has 0 bridgehead atoms. The Morgan fingerprint density at radius 2 is 1.97 bits per heavy atom. The molecule has 2 aliphatic heterocycles. The largest absolute Gasteiger partial charge is 0.481 e. The van der Waals surface area contributed by atoms with E-state index in [2.05, 4.69) is 9.71 Å². The molecule has 3 rings (SSSR count). The van der Waals surface area contributed by atoms with Crippen molar-refractivity contribution in [1.82, 2.24) is 4.90 Å². The van der Waals surface area contributed by atoms with Crippen LogP contribution in [0.15, 0.2) is 33.6 Å². The van der Waals surface area contributed by atoms with Gasteiger partial charge in [-0.05, 0) is 37.3 Å². The molecule has 2 atom stereocenters. The number of carboxylic acid groups (broad SMARTS) is 1. The fourth-order valence-corrected chi connectivity index (χ4v) is 4.86. The number of carbonyl (C=O) groups is 3. The zero-order valence-electron chi connectivity index (χ0n) is 16.9. The third-order valence-corrected chi connectivity index (χ3v) is 6.60. The SMILES string of the molecule is CC(C)CCN1C(=O)C(C2=NS(=O)(=O)c3ccccc3N2)C(=O)[C@@H]1CCCC(=O)O. The lowest BCUT2D eigenvalue weighted by molar-refractivity contribution is -0.137. The molecule has 2 N–H and O–H groups in total. The van der Waals surface area contributed by atoms with Crippen LogP contribution in [0.5, 0.6) is 0 Å². The van der Waals surface area contributed by atoms with E-state index in [0.717, 1.165) is 0 Å². The maximum atomic E-state index is 13.1. The number of aliphatic carboxylic acids is 1. The second kappa shape index (κ2) is 8.55. The highest BCUT2D eigenvalue weighted by atomic mass is 32.2. The van der Waals surface area contributed by atoms with Crippen molar-refractivity contribution < 1.29 is 27.9 Å². The van der Waals surface area contributed by atoms with Crippen molar-refractivity contribution >= 4 is 39.2 Å². The topological polar surface area (TPSA) is 133 Å². The number of sulfonamides is 1. The molecular formula is C20H25N3O6S. The number of anilines is 1. The summed E-state index contributed by atoms with van der Waals surface area (Å²) < 4.78 is 28.8. The predicted molar refractivity (Wildman–Crippen MR) is 110 cm³/mol. The minimum absolute atomic E-state index is 0.0127. The number of ketones is 1. The van der Waals surface area contributed by atoms with Crippen molar-refractivity contribution in [3.63, 3.8) is 0 Å². The van der Waals surface area contributed by atoms with Gasteiger partial charge in [0.2, 0.25) is 5.91 Å². The van der Waals surface area contributed by atoms with Crippen molar-refractivity contribution in [2.75, 3.05) is 11.9 Å². The normalized spacial score (nSPS) is 22.6. The predicted octanol–water partition coefficient (Wildman–Crippen LogP) is 1.90. The van der Waals surface area contributed by atoms with E-state index < -0.39 is 39.6 Å². The minimum Gasteiger partial charge on any atom is -0.481 e. The fraction of sp³-hybridized carbons (Fsp3) is 0.500. The number of benzene rings is 1. The molecule has 30 heavy (non-hydrogen) atoms. The molecule has 2 aliphatic rings. The van der Waals surface area contributed by atoms with Crippen LogP contribution in [0.3, 0.4) is 0 Å². The zero-order chi connectivity index (χ0) is 22.1. The molecule has 1 unspecified atom stereocenters. The molecule has 9 nitrogen and oxygen atoms in total. The highest BCUT2D eigenvalue weighted by Crippen LogP contribution is 2.33. The molecule has 1 amide bonds. The van der Waals surface area contributed by atoms with Gasteiger partial charge in [-0.3, -0.25) is 14.4 Å². The van der Waals surface area contributed by atoms with Gasteiger partial charge >= 0.3 is 5.97 Å². The number of carboxylic acids is 1. The standard InChI is InChI=1S/C20H25N3O6S/c1-12(2)10-11-23-14(7-5-9-16(24)25)18(26)17(20(23)27)19-21-13-6-3-4-8-15(13)30(28,29)22-19/h3-4,6,8,12,14,17H,5,7,9-11H2,1-2H3,(H,21,22)(H,24,25)/t14-,17?/m0/s1.